The molecule has 0 aromatic heterocycles. The summed E-state index contributed by atoms with van der Waals surface area (Å²) in [5.74, 6) is 0.595. The Morgan fingerprint density at radius 2 is 1.95 bits per heavy atom. The van der Waals surface area contributed by atoms with E-state index in [2.05, 4.69) is 0 Å². The van der Waals surface area contributed by atoms with Crippen LogP contribution in [0.3, 0.4) is 0 Å². The highest BCUT2D eigenvalue weighted by molar-refractivity contribution is 5.92. The van der Waals surface area contributed by atoms with E-state index in [4.69, 9.17) is 10.5 Å². The van der Waals surface area contributed by atoms with Crippen LogP contribution < -0.4 is 10.5 Å². The number of anilines is 1. The first kappa shape index (κ1) is 14.2. The zero-order chi connectivity index (χ0) is 14.5. The molecule has 1 aliphatic rings. The molecule has 0 bridgehead atoms. The highest BCUT2D eigenvalue weighted by Gasteiger charge is 2.26. The largest absolute Gasteiger partial charge is 0.491 e. The van der Waals surface area contributed by atoms with Crippen LogP contribution in [0.25, 0.3) is 0 Å². The number of nitrogen functional groups attached to an aromatic ring is 1. The van der Waals surface area contributed by atoms with Gasteiger partial charge in [-0.2, -0.15) is 0 Å². The summed E-state index contributed by atoms with van der Waals surface area (Å²) in [5, 5.41) is 0. The number of rotatable bonds is 5. The van der Waals surface area contributed by atoms with Gasteiger partial charge < -0.3 is 20.3 Å². The number of hydrogen-bond donors (Lipinski definition) is 1. The van der Waals surface area contributed by atoms with Crippen LogP contribution in [0, 0.1) is 0 Å². The van der Waals surface area contributed by atoms with Crippen molar-refractivity contribution in [2.24, 2.45) is 0 Å². The summed E-state index contributed by atoms with van der Waals surface area (Å²) in [5.41, 5.74) is 6.36. The third-order valence-electron chi connectivity index (χ3n) is 3.23. The topological polar surface area (TPSA) is 75.9 Å². The van der Waals surface area contributed by atoms with Gasteiger partial charge in [-0.3, -0.25) is 9.59 Å². The third kappa shape index (κ3) is 3.40. The predicted octanol–water partition coefficient (Wildman–Crippen LogP) is 0.338. The Morgan fingerprint density at radius 1 is 1.20 bits per heavy atom. The van der Waals surface area contributed by atoms with Gasteiger partial charge in [0.1, 0.15) is 5.75 Å². The average Bonchev–Trinajstić information content (AvgIpc) is 2.42. The molecule has 2 amide bonds. The Kier molecular flexibility index (Phi) is 4.45. The van der Waals surface area contributed by atoms with Gasteiger partial charge >= 0.3 is 0 Å². The minimum atomic E-state index is -0.0298. The van der Waals surface area contributed by atoms with Crippen LogP contribution in [0.4, 0.5) is 5.69 Å². The van der Waals surface area contributed by atoms with Crippen molar-refractivity contribution in [3.63, 3.8) is 0 Å². The Morgan fingerprint density at radius 3 is 2.70 bits per heavy atom. The number of likely N-dealkylation sites (N-methyl/N-ethyl adjacent to an activating group) is 1. The number of piperazine rings is 1. The molecule has 2 rings (SSSR count). The van der Waals surface area contributed by atoms with E-state index >= 15 is 0 Å². The Bertz CT molecular complexity index is 504. The molecule has 1 aromatic rings. The zero-order valence-corrected chi connectivity index (χ0v) is 11.5. The fourth-order valence-electron chi connectivity index (χ4n) is 2.02. The van der Waals surface area contributed by atoms with Crippen LogP contribution in [-0.2, 0) is 9.59 Å². The fourth-order valence-corrected chi connectivity index (χ4v) is 2.02. The van der Waals surface area contributed by atoms with Gasteiger partial charge in [0.15, 0.2) is 0 Å². The maximum atomic E-state index is 11.7. The highest BCUT2D eigenvalue weighted by atomic mass is 16.5. The van der Waals surface area contributed by atoms with E-state index in [0.29, 0.717) is 31.0 Å². The number of carbonyl (C=O) groups is 2. The lowest BCUT2D eigenvalue weighted by Crippen LogP contribution is -2.52. The fraction of sp³-hybridized carbons (Fsp3) is 0.429. The molecule has 1 aromatic carbocycles. The number of carbonyl (C=O) groups excluding carboxylic acids is 2. The van der Waals surface area contributed by atoms with E-state index in [1.165, 1.54) is 4.90 Å². The minimum absolute atomic E-state index is 0.0219. The molecule has 108 valence electrons. The van der Waals surface area contributed by atoms with Crippen molar-refractivity contribution in [1.29, 1.82) is 0 Å². The molecule has 0 atom stereocenters. The number of benzene rings is 1. The quantitative estimate of drug-likeness (QED) is 0.622. The van der Waals surface area contributed by atoms with Gasteiger partial charge in [-0.15, -0.1) is 0 Å². The predicted molar refractivity (Wildman–Crippen MR) is 75.2 cm³/mol. The van der Waals surface area contributed by atoms with Crippen LogP contribution >= 0.6 is 0 Å². The van der Waals surface area contributed by atoms with Crippen LogP contribution in [-0.4, -0.2) is 54.9 Å². The maximum Gasteiger partial charge on any atom is 0.242 e. The maximum absolute atomic E-state index is 11.7. The Balaban J connectivity index is 1.75. The monoisotopic (exact) mass is 277 g/mol. The molecule has 1 saturated heterocycles. The van der Waals surface area contributed by atoms with Gasteiger partial charge in [-0.05, 0) is 18.6 Å². The number of ether oxygens (including phenoxy) is 1. The summed E-state index contributed by atoms with van der Waals surface area (Å²) in [6.45, 7) is 1.29. The first-order valence-corrected chi connectivity index (χ1v) is 6.57. The van der Waals surface area contributed by atoms with Crippen molar-refractivity contribution in [3.05, 3.63) is 24.3 Å². The lowest BCUT2D eigenvalue weighted by Gasteiger charge is -2.31. The van der Waals surface area contributed by atoms with Gasteiger partial charge in [-0.1, -0.05) is 12.1 Å². The molecule has 0 aliphatic carbocycles. The van der Waals surface area contributed by atoms with Crippen LogP contribution in [0.1, 0.15) is 6.42 Å². The minimum Gasteiger partial charge on any atom is -0.491 e. The summed E-state index contributed by atoms with van der Waals surface area (Å²) in [7, 11) is 1.64. The zero-order valence-electron chi connectivity index (χ0n) is 11.5. The second-order valence-electron chi connectivity index (χ2n) is 4.80. The van der Waals surface area contributed by atoms with Crippen LogP contribution in [0.15, 0.2) is 24.3 Å². The molecule has 0 spiro atoms. The Labute approximate surface area is 118 Å². The summed E-state index contributed by atoms with van der Waals surface area (Å²) >= 11 is 0. The van der Waals surface area contributed by atoms with E-state index in [0.717, 1.165) is 0 Å². The molecule has 0 saturated carbocycles. The standard InChI is InChI=1S/C14H19N3O3/c1-16-9-14(19)17(10-13(16)18)7-4-8-20-12-6-3-2-5-11(12)15/h2-3,5-6H,4,7-10,15H2,1H3. The molecule has 1 heterocycles. The first-order valence-electron chi connectivity index (χ1n) is 6.57. The second kappa shape index (κ2) is 6.27. The molecule has 1 aliphatic heterocycles. The molecular weight excluding hydrogens is 258 g/mol. The molecule has 1 fully saturated rings. The average molecular weight is 277 g/mol. The molecule has 6 nitrogen and oxygen atoms in total. The van der Waals surface area contributed by atoms with E-state index < -0.39 is 0 Å². The number of amides is 2. The molecule has 20 heavy (non-hydrogen) atoms. The summed E-state index contributed by atoms with van der Waals surface area (Å²) in [6.07, 6.45) is 0.664. The van der Waals surface area contributed by atoms with Gasteiger partial charge in [0.2, 0.25) is 11.8 Å². The van der Waals surface area contributed by atoms with E-state index in [9.17, 15) is 9.59 Å². The molecule has 0 radical (unpaired) electrons. The van der Waals surface area contributed by atoms with Gasteiger partial charge in [-0.25, -0.2) is 0 Å². The molecule has 6 heteroatoms. The lowest BCUT2D eigenvalue weighted by molar-refractivity contribution is -0.148. The number of hydrogen-bond acceptors (Lipinski definition) is 4. The SMILES string of the molecule is CN1CC(=O)N(CCCOc2ccccc2N)CC1=O. The van der Waals surface area contributed by atoms with Crippen molar-refractivity contribution in [1.82, 2.24) is 9.80 Å². The van der Waals surface area contributed by atoms with Gasteiger partial charge in [0, 0.05) is 13.6 Å². The van der Waals surface area contributed by atoms with Crippen molar-refractivity contribution >= 4 is 17.5 Å². The number of nitrogens with two attached hydrogens (primary N) is 1. The van der Waals surface area contributed by atoms with E-state index in [1.807, 2.05) is 12.1 Å². The van der Waals surface area contributed by atoms with E-state index in [1.54, 1.807) is 24.1 Å². The third-order valence-corrected chi connectivity index (χ3v) is 3.23. The second-order valence-corrected chi connectivity index (χ2v) is 4.80. The Hall–Kier alpha value is -2.24. The first-order chi connectivity index (χ1) is 9.58. The van der Waals surface area contributed by atoms with Crippen molar-refractivity contribution in [3.8, 4) is 5.75 Å². The summed E-state index contributed by atoms with van der Waals surface area (Å²) in [4.78, 5) is 26.3. The summed E-state index contributed by atoms with van der Waals surface area (Å²) < 4.78 is 5.55. The normalized spacial score (nSPS) is 15.7. The lowest BCUT2D eigenvalue weighted by atomic mass is 10.3. The molecular formula is C14H19N3O3. The van der Waals surface area contributed by atoms with Crippen molar-refractivity contribution in [2.75, 3.05) is 39.0 Å². The highest BCUT2D eigenvalue weighted by Crippen LogP contribution is 2.19. The van der Waals surface area contributed by atoms with Gasteiger partial charge in [0.05, 0.1) is 25.4 Å². The van der Waals surface area contributed by atoms with Crippen molar-refractivity contribution < 1.29 is 14.3 Å². The van der Waals surface area contributed by atoms with Crippen LogP contribution in [0.2, 0.25) is 0 Å². The summed E-state index contributed by atoms with van der Waals surface area (Å²) in [6, 6.07) is 7.28. The smallest absolute Gasteiger partial charge is 0.242 e. The molecule has 2 N–H and O–H groups in total. The van der Waals surface area contributed by atoms with Gasteiger partial charge in [0.25, 0.3) is 0 Å². The van der Waals surface area contributed by atoms with Crippen molar-refractivity contribution in [2.45, 2.75) is 6.42 Å². The number of para-hydroxylation sites is 2. The van der Waals surface area contributed by atoms with E-state index in [-0.39, 0.29) is 24.9 Å². The number of nitrogens with zero attached hydrogens (tertiary/aromatic N) is 2. The molecule has 0 unspecified atom stereocenters. The van der Waals surface area contributed by atoms with Crippen LogP contribution in [0.5, 0.6) is 5.75 Å².